The molecule has 0 fully saturated rings. The molecule has 1 N–H and O–H groups in total. The fraction of sp³-hybridized carbons (Fsp3) is 0.389. The summed E-state index contributed by atoms with van der Waals surface area (Å²) in [5, 5.41) is 9.09. The SMILES string of the molecule is Cc1ccc(CN(C)C(=O)CCc2c(C)[nH]c(=O)c(C#N)c2C)o1. The highest BCUT2D eigenvalue weighted by Gasteiger charge is 2.16. The van der Waals surface area contributed by atoms with Crippen LogP contribution in [0.15, 0.2) is 21.3 Å². The van der Waals surface area contributed by atoms with E-state index < -0.39 is 0 Å². The lowest BCUT2D eigenvalue weighted by Crippen LogP contribution is -2.26. The number of rotatable bonds is 5. The number of nitrogens with one attached hydrogen (secondary N) is 1. The second kappa shape index (κ2) is 7.18. The van der Waals surface area contributed by atoms with Gasteiger partial charge >= 0.3 is 0 Å². The summed E-state index contributed by atoms with van der Waals surface area (Å²) in [6.45, 7) is 5.81. The largest absolute Gasteiger partial charge is 0.464 e. The zero-order chi connectivity index (χ0) is 17.9. The molecule has 6 nitrogen and oxygen atoms in total. The molecule has 0 aliphatic heterocycles. The first-order chi connectivity index (χ1) is 11.3. The van der Waals surface area contributed by atoms with Crippen molar-refractivity contribution in [2.45, 2.75) is 40.2 Å². The third kappa shape index (κ3) is 3.74. The van der Waals surface area contributed by atoms with Gasteiger partial charge in [0.05, 0.1) is 6.54 Å². The Kier molecular flexibility index (Phi) is 5.24. The summed E-state index contributed by atoms with van der Waals surface area (Å²) < 4.78 is 5.48. The Labute approximate surface area is 140 Å². The van der Waals surface area contributed by atoms with E-state index in [9.17, 15) is 9.59 Å². The maximum atomic E-state index is 12.3. The Morgan fingerprint density at radius 1 is 1.33 bits per heavy atom. The minimum absolute atomic E-state index is 0.0208. The van der Waals surface area contributed by atoms with E-state index in [0.717, 1.165) is 17.1 Å². The van der Waals surface area contributed by atoms with Crippen molar-refractivity contribution in [3.05, 3.63) is 56.4 Å². The maximum Gasteiger partial charge on any atom is 0.266 e. The molecule has 2 rings (SSSR count). The van der Waals surface area contributed by atoms with Crippen molar-refractivity contribution in [3.63, 3.8) is 0 Å². The van der Waals surface area contributed by atoms with Gasteiger partial charge in [0.1, 0.15) is 23.2 Å². The first kappa shape index (κ1) is 17.5. The monoisotopic (exact) mass is 327 g/mol. The minimum atomic E-state index is -0.382. The van der Waals surface area contributed by atoms with Gasteiger partial charge in [-0.15, -0.1) is 0 Å². The molecule has 2 heterocycles. The van der Waals surface area contributed by atoms with Crippen LogP contribution in [0.25, 0.3) is 0 Å². The van der Waals surface area contributed by atoms with Crippen LogP contribution < -0.4 is 5.56 Å². The second-order valence-corrected chi connectivity index (χ2v) is 5.93. The highest BCUT2D eigenvalue weighted by Crippen LogP contribution is 2.16. The molecule has 0 atom stereocenters. The number of nitrogens with zero attached hydrogens (tertiary/aromatic N) is 2. The molecule has 2 aromatic rings. The third-order valence-electron chi connectivity index (χ3n) is 4.12. The Bertz CT molecular complexity index is 855. The summed E-state index contributed by atoms with van der Waals surface area (Å²) in [5.41, 5.74) is 1.93. The molecule has 0 radical (unpaired) electrons. The molecule has 0 aliphatic rings. The molecule has 0 saturated carbocycles. The highest BCUT2D eigenvalue weighted by atomic mass is 16.3. The number of aromatic amines is 1. The molecule has 0 aromatic carbocycles. The first-order valence-electron chi connectivity index (χ1n) is 7.75. The van der Waals surface area contributed by atoms with E-state index in [1.54, 1.807) is 25.8 Å². The number of pyridine rings is 1. The van der Waals surface area contributed by atoms with Gasteiger partial charge in [0.15, 0.2) is 0 Å². The molecule has 0 saturated heterocycles. The molecular weight excluding hydrogens is 306 g/mol. The number of aromatic nitrogens is 1. The van der Waals surface area contributed by atoms with Crippen molar-refractivity contribution in [2.24, 2.45) is 0 Å². The lowest BCUT2D eigenvalue weighted by atomic mass is 9.99. The molecule has 2 aromatic heterocycles. The van der Waals surface area contributed by atoms with E-state index in [-0.39, 0.29) is 17.0 Å². The van der Waals surface area contributed by atoms with Gasteiger partial charge in [0.25, 0.3) is 5.56 Å². The summed E-state index contributed by atoms with van der Waals surface area (Å²) in [6, 6.07) is 5.65. The maximum absolute atomic E-state index is 12.3. The number of hydrogen-bond donors (Lipinski definition) is 1. The molecule has 126 valence electrons. The van der Waals surface area contributed by atoms with Crippen molar-refractivity contribution in [1.82, 2.24) is 9.88 Å². The minimum Gasteiger partial charge on any atom is -0.464 e. The smallest absolute Gasteiger partial charge is 0.266 e. The van der Waals surface area contributed by atoms with Gasteiger partial charge in [-0.2, -0.15) is 5.26 Å². The quantitative estimate of drug-likeness (QED) is 0.912. The zero-order valence-electron chi connectivity index (χ0n) is 14.4. The van der Waals surface area contributed by atoms with Crippen LogP contribution in [-0.4, -0.2) is 22.8 Å². The number of carbonyl (C=O) groups excluding carboxylic acids is 1. The van der Waals surface area contributed by atoms with E-state index in [1.807, 2.05) is 25.1 Å². The van der Waals surface area contributed by atoms with Crippen LogP contribution >= 0.6 is 0 Å². The van der Waals surface area contributed by atoms with Gasteiger partial charge in [-0.25, -0.2) is 0 Å². The highest BCUT2D eigenvalue weighted by molar-refractivity contribution is 5.76. The molecule has 1 amide bonds. The summed E-state index contributed by atoms with van der Waals surface area (Å²) in [6.07, 6.45) is 0.776. The average Bonchev–Trinajstić information content (AvgIpc) is 2.91. The zero-order valence-corrected chi connectivity index (χ0v) is 14.4. The van der Waals surface area contributed by atoms with Crippen LogP contribution in [0.4, 0.5) is 0 Å². The number of amides is 1. The lowest BCUT2D eigenvalue weighted by molar-refractivity contribution is -0.130. The molecule has 0 aliphatic carbocycles. The topological polar surface area (TPSA) is 90.1 Å². The summed E-state index contributed by atoms with van der Waals surface area (Å²) in [5.74, 6) is 1.54. The van der Waals surface area contributed by atoms with Crippen molar-refractivity contribution < 1.29 is 9.21 Å². The molecule has 6 heteroatoms. The van der Waals surface area contributed by atoms with Gasteiger partial charge in [0, 0.05) is 19.2 Å². The predicted molar refractivity (Wildman–Crippen MR) is 89.5 cm³/mol. The Hall–Kier alpha value is -2.81. The first-order valence-corrected chi connectivity index (χ1v) is 7.75. The number of carbonyl (C=O) groups is 1. The summed E-state index contributed by atoms with van der Waals surface area (Å²) in [7, 11) is 1.73. The number of furan rings is 1. The number of H-pyrrole nitrogens is 1. The van der Waals surface area contributed by atoms with E-state index >= 15 is 0 Å². The van der Waals surface area contributed by atoms with Crippen LogP contribution in [0, 0.1) is 32.1 Å². The van der Waals surface area contributed by atoms with E-state index in [2.05, 4.69) is 4.98 Å². The average molecular weight is 327 g/mol. The Morgan fingerprint density at radius 2 is 2.04 bits per heavy atom. The standard InChI is InChI=1S/C18H21N3O3/c1-11-5-6-14(24-11)10-21(4)17(22)8-7-15-12(2)16(9-19)18(23)20-13(15)3/h5-6H,7-8,10H2,1-4H3,(H,20,23). The molecule has 24 heavy (non-hydrogen) atoms. The Balaban J connectivity index is 2.06. The predicted octanol–water partition coefficient (Wildman–Crippen LogP) is 2.36. The van der Waals surface area contributed by atoms with Gasteiger partial charge in [-0.1, -0.05) is 0 Å². The fourth-order valence-corrected chi connectivity index (χ4v) is 2.74. The molecular formula is C18H21N3O3. The van der Waals surface area contributed by atoms with Gasteiger partial charge in [-0.05, 0) is 50.5 Å². The van der Waals surface area contributed by atoms with Crippen LogP contribution in [0.2, 0.25) is 0 Å². The van der Waals surface area contributed by atoms with Crippen LogP contribution in [0.3, 0.4) is 0 Å². The number of nitriles is 1. The van der Waals surface area contributed by atoms with Crippen LogP contribution in [0.5, 0.6) is 0 Å². The fourth-order valence-electron chi connectivity index (χ4n) is 2.74. The third-order valence-corrected chi connectivity index (χ3v) is 4.12. The van der Waals surface area contributed by atoms with E-state index in [0.29, 0.717) is 30.6 Å². The van der Waals surface area contributed by atoms with Crippen LogP contribution in [-0.2, 0) is 17.8 Å². The summed E-state index contributed by atoms with van der Waals surface area (Å²) >= 11 is 0. The Morgan fingerprint density at radius 3 is 2.62 bits per heavy atom. The van der Waals surface area contributed by atoms with Crippen molar-refractivity contribution in [3.8, 4) is 6.07 Å². The normalized spacial score (nSPS) is 10.5. The number of hydrogen-bond acceptors (Lipinski definition) is 4. The summed E-state index contributed by atoms with van der Waals surface area (Å²) in [4.78, 5) is 28.3. The van der Waals surface area contributed by atoms with Crippen molar-refractivity contribution >= 4 is 5.91 Å². The number of aryl methyl sites for hydroxylation is 2. The van der Waals surface area contributed by atoms with Gasteiger partial charge in [0.2, 0.25) is 5.91 Å². The van der Waals surface area contributed by atoms with Gasteiger partial charge in [-0.3, -0.25) is 9.59 Å². The van der Waals surface area contributed by atoms with Gasteiger partial charge < -0.3 is 14.3 Å². The second-order valence-electron chi connectivity index (χ2n) is 5.93. The lowest BCUT2D eigenvalue weighted by Gasteiger charge is -2.17. The van der Waals surface area contributed by atoms with Crippen molar-refractivity contribution in [2.75, 3.05) is 7.05 Å². The molecule has 0 unspecified atom stereocenters. The van der Waals surface area contributed by atoms with E-state index in [1.165, 1.54) is 0 Å². The van der Waals surface area contributed by atoms with Crippen molar-refractivity contribution in [1.29, 1.82) is 5.26 Å². The van der Waals surface area contributed by atoms with Crippen LogP contribution in [0.1, 0.15) is 40.3 Å². The molecule has 0 bridgehead atoms. The molecule has 0 spiro atoms. The van der Waals surface area contributed by atoms with E-state index in [4.69, 9.17) is 9.68 Å².